The van der Waals surface area contributed by atoms with Gasteiger partial charge in [-0.3, -0.25) is 10.2 Å². The monoisotopic (exact) mass is 337 g/mol. The van der Waals surface area contributed by atoms with Gasteiger partial charge in [0.1, 0.15) is 0 Å². The number of thioether (sulfide) groups is 1. The van der Waals surface area contributed by atoms with Crippen molar-refractivity contribution in [3.63, 3.8) is 0 Å². The van der Waals surface area contributed by atoms with E-state index in [4.69, 9.17) is 5.84 Å². The summed E-state index contributed by atoms with van der Waals surface area (Å²) in [5.41, 5.74) is 3.68. The average Bonchev–Trinajstić information content (AvgIpc) is 2.46. The third kappa shape index (κ3) is 3.79. The Balaban J connectivity index is 2.11. The number of pyridine rings is 1. The summed E-state index contributed by atoms with van der Waals surface area (Å²) < 4.78 is 0.944. The zero-order chi connectivity index (χ0) is 13.7. The van der Waals surface area contributed by atoms with Crippen LogP contribution in [0.3, 0.4) is 0 Å². The maximum Gasteiger partial charge on any atom is 0.265 e. The number of carbonyl (C=O) groups excluding carboxylic acids is 1. The van der Waals surface area contributed by atoms with Gasteiger partial charge in [-0.25, -0.2) is 10.8 Å². The van der Waals surface area contributed by atoms with Gasteiger partial charge in [0.15, 0.2) is 0 Å². The van der Waals surface area contributed by atoms with E-state index in [9.17, 15) is 4.79 Å². The number of carbonyl (C=O) groups is 1. The first kappa shape index (κ1) is 14.0. The normalized spacial score (nSPS) is 10.2. The molecule has 19 heavy (non-hydrogen) atoms. The van der Waals surface area contributed by atoms with Gasteiger partial charge in [-0.15, -0.1) is 11.8 Å². The molecule has 1 aromatic heterocycles. The number of nitrogens with two attached hydrogens (primary N) is 1. The number of nitrogens with one attached hydrogen (secondary N) is 1. The van der Waals surface area contributed by atoms with E-state index in [1.54, 1.807) is 24.0 Å². The van der Waals surface area contributed by atoms with Crippen molar-refractivity contribution in [2.45, 2.75) is 10.8 Å². The van der Waals surface area contributed by atoms with E-state index in [-0.39, 0.29) is 5.91 Å². The SMILES string of the molecule is NNC(=O)c1ccccc1CSc1ccc(Br)cn1. The van der Waals surface area contributed by atoms with Gasteiger partial charge in [0.05, 0.1) is 5.03 Å². The molecule has 0 saturated carbocycles. The number of nitrogens with zero attached hydrogens (tertiary/aromatic N) is 1. The maximum absolute atomic E-state index is 11.6. The molecule has 2 rings (SSSR count). The second kappa shape index (κ2) is 6.70. The van der Waals surface area contributed by atoms with Gasteiger partial charge in [-0.1, -0.05) is 18.2 Å². The summed E-state index contributed by atoms with van der Waals surface area (Å²) in [5.74, 6) is 5.56. The van der Waals surface area contributed by atoms with Crippen LogP contribution < -0.4 is 11.3 Å². The van der Waals surface area contributed by atoms with E-state index in [2.05, 4.69) is 26.3 Å². The average molecular weight is 338 g/mol. The number of nitrogen functional groups attached to an aromatic ring is 1. The van der Waals surface area contributed by atoms with Crippen LogP contribution in [0, 0.1) is 0 Å². The summed E-state index contributed by atoms with van der Waals surface area (Å²) in [5, 5.41) is 0.908. The first-order chi connectivity index (χ1) is 9.20. The van der Waals surface area contributed by atoms with Gasteiger partial charge in [0.2, 0.25) is 0 Å². The van der Waals surface area contributed by atoms with Crippen LogP contribution in [0.5, 0.6) is 0 Å². The number of amides is 1. The third-order valence-electron chi connectivity index (χ3n) is 2.47. The van der Waals surface area contributed by atoms with E-state index < -0.39 is 0 Å². The van der Waals surface area contributed by atoms with Crippen LogP contribution in [0.4, 0.5) is 0 Å². The number of hydrogen-bond donors (Lipinski definition) is 2. The summed E-state index contributed by atoms with van der Waals surface area (Å²) in [6.07, 6.45) is 1.75. The van der Waals surface area contributed by atoms with Crippen LogP contribution in [0.15, 0.2) is 52.1 Å². The predicted octanol–water partition coefficient (Wildman–Crippen LogP) is 2.74. The minimum Gasteiger partial charge on any atom is -0.290 e. The minimum absolute atomic E-state index is 0.278. The highest BCUT2D eigenvalue weighted by atomic mass is 79.9. The molecule has 0 aliphatic rings. The van der Waals surface area contributed by atoms with E-state index >= 15 is 0 Å². The van der Waals surface area contributed by atoms with Crippen LogP contribution >= 0.6 is 27.7 Å². The van der Waals surface area contributed by atoms with E-state index in [0.717, 1.165) is 15.1 Å². The lowest BCUT2D eigenvalue weighted by Crippen LogP contribution is -2.30. The molecule has 1 heterocycles. The Morgan fingerprint density at radius 3 is 2.79 bits per heavy atom. The molecule has 0 fully saturated rings. The van der Waals surface area contributed by atoms with Gasteiger partial charge >= 0.3 is 0 Å². The molecule has 98 valence electrons. The molecule has 0 radical (unpaired) electrons. The summed E-state index contributed by atoms with van der Waals surface area (Å²) in [7, 11) is 0. The quantitative estimate of drug-likeness (QED) is 0.389. The van der Waals surface area contributed by atoms with Crippen molar-refractivity contribution >= 4 is 33.6 Å². The smallest absolute Gasteiger partial charge is 0.265 e. The fourth-order valence-corrected chi connectivity index (χ4v) is 2.63. The number of benzene rings is 1. The largest absolute Gasteiger partial charge is 0.290 e. The molecule has 0 saturated heterocycles. The zero-order valence-electron chi connectivity index (χ0n) is 9.97. The van der Waals surface area contributed by atoms with Crippen molar-refractivity contribution in [1.82, 2.24) is 10.4 Å². The molecule has 0 aliphatic carbocycles. The lowest BCUT2D eigenvalue weighted by atomic mass is 10.1. The van der Waals surface area contributed by atoms with Crippen LogP contribution in [0.25, 0.3) is 0 Å². The van der Waals surface area contributed by atoms with Crippen molar-refractivity contribution < 1.29 is 4.79 Å². The van der Waals surface area contributed by atoms with Crippen molar-refractivity contribution in [3.05, 3.63) is 58.2 Å². The second-order valence-electron chi connectivity index (χ2n) is 3.73. The van der Waals surface area contributed by atoms with Gasteiger partial charge in [-0.2, -0.15) is 0 Å². The summed E-state index contributed by atoms with van der Waals surface area (Å²) >= 11 is 4.91. The molecule has 0 spiro atoms. The number of hydrazine groups is 1. The molecule has 0 bridgehead atoms. The number of aromatic nitrogens is 1. The Morgan fingerprint density at radius 1 is 1.32 bits per heavy atom. The van der Waals surface area contributed by atoms with Crippen molar-refractivity contribution in [1.29, 1.82) is 0 Å². The first-order valence-corrected chi connectivity index (χ1v) is 7.32. The lowest BCUT2D eigenvalue weighted by molar-refractivity contribution is 0.0953. The number of rotatable bonds is 4. The highest BCUT2D eigenvalue weighted by molar-refractivity contribution is 9.10. The van der Waals surface area contributed by atoms with Crippen LogP contribution in [0.1, 0.15) is 15.9 Å². The first-order valence-electron chi connectivity index (χ1n) is 5.54. The van der Waals surface area contributed by atoms with Crippen molar-refractivity contribution in [2.24, 2.45) is 5.84 Å². The molecular weight excluding hydrogens is 326 g/mol. The Kier molecular flexibility index (Phi) is 4.95. The molecule has 3 N–H and O–H groups in total. The van der Waals surface area contributed by atoms with Gasteiger partial charge in [-0.05, 0) is 39.7 Å². The zero-order valence-corrected chi connectivity index (χ0v) is 12.4. The third-order valence-corrected chi connectivity index (χ3v) is 3.93. The Bertz CT molecular complexity index is 574. The van der Waals surface area contributed by atoms with E-state index in [0.29, 0.717) is 11.3 Å². The fourth-order valence-electron chi connectivity index (χ4n) is 1.54. The molecule has 0 unspecified atom stereocenters. The summed E-state index contributed by atoms with van der Waals surface area (Å²) in [4.78, 5) is 15.9. The molecular formula is C13H12BrN3OS. The Morgan fingerprint density at radius 2 is 2.11 bits per heavy atom. The Labute approximate surface area is 123 Å². The van der Waals surface area contributed by atoms with E-state index in [1.807, 2.05) is 30.3 Å². The van der Waals surface area contributed by atoms with Gasteiger partial charge < -0.3 is 0 Å². The van der Waals surface area contributed by atoms with Crippen molar-refractivity contribution in [3.8, 4) is 0 Å². The minimum atomic E-state index is -0.278. The Hall–Kier alpha value is -1.37. The molecule has 1 amide bonds. The highest BCUT2D eigenvalue weighted by Gasteiger charge is 2.09. The maximum atomic E-state index is 11.6. The topological polar surface area (TPSA) is 68.0 Å². The molecule has 1 aromatic carbocycles. The summed E-state index contributed by atoms with van der Waals surface area (Å²) in [6.45, 7) is 0. The lowest BCUT2D eigenvalue weighted by Gasteiger charge is -2.07. The molecule has 4 nitrogen and oxygen atoms in total. The van der Waals surface area contributed by atoms with Gasteiger partial charge in [0, 0.05) is 22.0 Å². The molecule has 0 atom stereocenters. The van der Waals surface area contributed by atoms with E-state index in [1.165, 1.54) is 0 Å². The number of halogens is 1. The predicted molar refractivity (Wildman–Crippen MR) is 79.6 cm³/mol. The molecule has 0 aliphatic heterocycles. The van der Waals surface area contributed by atoms with Crippen LogP contribution in [0.2, 0.25) is 0 Å². The second-order valence-corrected chi connectivity index (χ2v) is 5.65. The van der Waals surface area contributed by atoms with Gasteiger partial charge in [0.25, 0.3) is 5.91 Å². The molecule has 6 heteroatoms. The fraction of sp³-hybridized carbons (Fsp3) is 0.0769. The summed E-state index contributed by atoms with van der Waals surface area (Å²) in [6, 6.07) is 11.3. The molecule has 2 aromatic rings. The van der Waals surface area contributed by atoms with Crippen molar-refractivity contribution in [2.75, 3.05) is 0 Å². The van der Waals surface area contributed by atoms with Crippen LogP contribution in [-0.4, -0.2) is 10.9 Å². The number of hydrogen-bond acceptors (Lipinski definition) is 4. The van der Waals surface area contributed by atoms with Crippen LogP contribution in [-0.2, 0) is 5.75 Å². The standard InChI is InChI=1S/C13H12BrN3OS/c14-10-5-6-12(16-7-10)19-8-9-3-1-2-4-11(9)13(18)17-15/h1-7H,8,15H2,(H,17,18). The highest BCUT2D eigenvalue weighted by Crippen LogP contribution is 2.23.